The molecule has 2 atom stereocenters. The molecule has 14 heavy (non-hydrogen) atoms. The second-order valence-corrected chi connectivity index (χ2v) is 4.36. The van der Waals surface area contributed by atoms with E-state index < -0.39 is 6.10 Å². The molecular formula is C10H11Cl2NO. The van der Waals surface area contributed by atoms with Crippen LogP contribution in [0.15, 0.2) is 12.1 Å². The van der Waals surface area contributed by atoms with Gasteiger partial charge in [0.1, 0.15) is 0 Å². The fourth-order valence-electron chi connectivity index (χ4n) is 1.84. The Morgan fingerprint density at radius 1 is 1.36 bits per heavy atom. The summed E-state index contributed by atoms with van der Waals surface area (Å²) in [6.07, 6.45) is 0.912. The van der Waals surface area contributed by atoms with Crippen molar-refractivity contribution in [3.8, 4) is 0 Å². The number of rotatable bonds is 0. The number of hydrogen-bond donors (Lipinski definition) is 2. The van der Waals surface area contributed by atoms with Crippen molar-refractivity contribution < 1.29 is 5.11 Å². The molecule has 1 aromatic carbocycles. The van der Waals surface area contributed by atoms with Crippen molar-refractivity contribution in [2.24, 2.45) is 5.73 Å². The number of aliphatic hydroxyl groups is 1. The zero-order valence-corrected chi connectivity index (χ0v) is 9.02. The van der Waals surface area contributed by atoms with Crippen LogP contribution in [0, 0.1) is 0 Å². The van der Waals surface area contributed by atoms with Gasteiger partial charge in [-0.15, -0.1) is 0 Å². The van der Waals surface area contributed by atoms with Crippen LogP contribution in [-0.2, 0) is 6.42 Å². The predicted octanol–water partition coefficient (Wildman–Crippen LogP) is 2.30. The molecule has 4 heteroatoms. The molecule has 0 radical (unpaired) electrons. The third-order valence-electron chi connectivity index (χ3n) is 2.68. The van der Waals surface area contributed by atoms with Crippen molar-refractivity contribution >= 4 is 23.2 Å². The first-order chi connectivity index (χ1) is 6.61. The van der Waals surface area contributed by atoms with E-state index in [2.05, 4.69) is 0 Å². The van der Waals surface area contributed by atoms with E-state index >= 15 is 0 Å². The van der Waals surface area contributed by atoms with Gasteiger partial charge in [0, 0.05) is 6.04 Å². The average Bonchev–Trinajstić information content (AvgIpc) is 2.17. The Bertz CT molecular complexity index is 367. The van der Waals surface area contributed by atoms with E-state index in [1.54, 1.807) is 12.1 Å². The topological polar surface area (TPSA) is 46.2 Å². The molecule has 0 aliphatic heterocycles. The minimum atomic E-state index is -0.617. The first-order valence-electron chi connectivity index (χ1n) is 4.51. The third kappa shape index (κ3) is 1.52. The Balaban J connectivity index is 2.53. The van der Waals surface area contributed by atoms with Crippen LogP contribution in [-0.4, -0.2) is 11.1 Å². The Hall–Kier alpha value is -0.280. The summed E-state index contributed by atoms with van der Waals surface area (Å²) in [6.45, 7) is 0. The van der Waals surface area contributed by atoms with Crippen LogP contribution in [0.2, 0.25) is 10.0 Å². The maximum absolute atomic E-state index is 9.82. The lowest BCUT2D eigenvalue weighted by Crippen LogP contribution is -2.33. The molecule has 2 rings (SSSR count). The van der Waals surface area contributed by atoms with Gasteiger partial charge in [-0.1, -0.05) is 29.3 Å². The maximum Gasteiger partial charge on any atom is 0.0944 e. The van der Waals surface area contributed by atoms with Gasteiger partial charge in [-0.05, 0) is 30.0 Å². The van der Waals surface area contributed by atoms with Gasteiger partial charge in [-0.25, -0.2) is 0 Å². The van der Waals surface area contributed by atoms with Gasteiger partial charge in [0.2, 0.25) is 0 Å². The summed E-state index contributed by atoms with van der Waals surface area (Å²) in [4.78, 5) is 0. The molecule has 0 fully saturated rings. The van der Waals surface area contributed by atoms with Crippen molar-refractivity contribution in [3.05, 3.63) is 33.3 Å². The first-order valence-corrected chi connectivity index (χ1v) is 5.27. The lowest BCUT2D eigenvalue weighted by molar-refractivity contribution is 0.134. The van der Waals surface area contributed by atoms with Gasteiger partial charge in [0.25, 0.3) is 0 Å². The maximum atomic E-state index is 9.82. The monoisotopic (exact) mass is 231 g/mol. The highest BCUT2D eigenvalue weighted by Crippen LogP contribution is 2.36. The van der Waals surface area contributed by atoms with Crippen molar-refractivity contribution in [1.29, 1.82) is 0 Å². The highest BCUT2D eigenvalue weighted by molar-refractivity contribution is 6.42. The second-order valence-electron chi connectivity index (χ2n) is 3.58. The molecule has 0 amide bonds. The highest BCUT2D eigenvalue weighted by atomic mass is 35.5. The normalized spacial score (nSPS) is 26.0. The van der Waals surface area contributed by atoms with Gasteiger partial charge in [0.15, 0.2) is 0 Å². The number of fused-ring (bicyclic) bond motifs is 1. The molecule has 2 nitrogen and oxygen atoms in total. The molecule has 1 aliphatic carbocycles. The van der Waals surface area contributed by atoms with Crippen LogP contribution >= 0.6 is 23.2 Å². The second kappa shape index (κ2) is 3.70. The zero-order chi connectivity index (χ0) is 10.3. The van der Waals surface area contributed by atoms with E-state index in [1.807, 2.05) is 0 Å². The minimum absolute atomic E-state index is 0.195. The molecule has 0 unspecified atom stereocenters. The minimum Gasteiger partial charge on any atom is -0.387 e. The van der Waals surface area contributed by atoms with E-state index in [-0.39, 0.29) is 6.04 Å². The molecule has 1 aromatic rings. The quantitative estimate of drug-likeness (QED) is 0.720. The molecule has 0 aromatic heterocycles. The van der Waals surface area contributed by atoms with E-state index in [9.17, 15) is 5.11 Å². The van der Waals surface area contributed by atoms with Crippen molar-refractivity contribution in [2.75, 3.05) is 0 Å². The fraction of sp³-hybridized carbons (Fsp3) is 0.400. The summed E-state index contributed by atoms with van der Waals surface area (Å²) in [6, 6.07) is 3.30. The number of halogens is 2. The molecule has 0 saturated heterocycles. The largest absolute Gasteiger partial charge is 0.387 e. The Morgan fingerprint density at radius 2 is 2.07 bits per heavy atom. The van der Waals surface area contributed by atoms with Crippen molar-refractivity contribution in [2.45, 2.75) is 25.0 Å². The van der Waals surface area contributed by atoms with Gasteiger partial charge in [0.05, 0.1) is 16.1 Å². The molecule has 3 N–H and O–H groups in total. The number of hydrogen-bond acceptors (Lipinski definition) is 2. The summed E-state index contributed by atoms with van der Waals surface area (Å²) in [5.74, 6) is 0. The SMILES string of the molecule is N[C@@H]1CCc2c(ccc(Cl)c2Cl)[C@H]1O. The van der Waals surface area contributed by atoms with Gasteiger partial charge >= 0.3 is 0 Å². The standard InChI is InChI=1S/C10H11Cl2NO/c11-7-3-1-6-5(9(7)12)2-4-8(13)10(6)14/h1,3,8,10,14H,2,4,13H2/t8-,10-/m1/s1. The first kappa shape index (κ1) is 10.2. The van der Waals surface area contributed by atoms with E-state index in [4.69, 9.17) is 28.9 Å². The van der Waals surface area contributed by atoms with Crippen LogP contribution in [0.4, 0.5) is 0 Å². The average molecular weight is 232 g/mol. The van der Waals surface area contributed by atoms with E-state index in [1.165, 1.54) is 0 Å². The lowest BCUT2D eigenvalue weighted by atomic mass is 9.86. The zero-order valence-electron chi connectivity index (χ0n) is 7.50. The van der Waals surface area contributed by atoms with Crippen LogP contribution in [0.5, 0.6) is 0 Å². The molecule has 0 saturated carbocycles. The summed E-state index contributed by atoms with van der Waals surface area (Å²) >= 11 is 11.9. The summed E-state index contributed by atoms with van der Waals surface area (Å²) in [5, 5.41) is 10.9. The summed E-state index contributed by atoms with van der Waals surface area (Å²) in [7, 11) is 0. The summed E-state index contributed by atoms with van der Waals surface area (Å²) in [5.41, 5.74) is 7.51. The van der Waals surface area contributed by atoms with Crippen LogP contribution in [0.25, 0.3) is 0 Å². The number of nitrogens with two attached hydrogens (primary N) is 1. The van der Waals surface area contributed by atoms with Crippen LogP contribution in [0.1, 0.15) is 23.7 Å². The lowest BCUT2D eigenvalue weighted by Gasteiger charge is -2.28. The van der Waals surface area contributed by atoms with Crippen molar-refractivity contribution in [1.82, 2.24) is 0 Å². The number of benzene rings is 1. The smallest absolute Gasteiger partial charge is 0.0944 e. The van der Waals surface area contributed by atoms with E-state index in [0.29, 0.717) is 10.0 Å². The highest BCUT2D eigenvalue weighted by Gasteiger charge is 2.27. The number of aliphatic hydroxyl groups excluding tert-OH is 1. The summed E-state index contributed by atoms with van der Waals surface area (Å²) < 4.78 is 0. The third-order valence-corrected chi connectivity index (χ3v) is 3.53. The fourth-order valence-corrected chi connectivity index (χ4v) is 2.28. The molecular weight excluding hydrogens is 221 g/mol. The van der Waals surface area contributed by atoms with Crippen molar-refractivity contribution in [3.63, 3.8) is 0 Å². The molecule has 0 bridgehead atoms. The van der Waals surface area contributed by atoms with Crippen LogP contribution in [0.3, 0.4) is 0 Å². The predicted molar refractivity (Wildman–Crippen MR) is 57.7 cm³/mol. The Labute approximate surface area is 92.6 Å². The van der Waals surface area contributed by atoms with Gasteiger partial charge in [-0.3, -0.25) is 0 Å². The van der Waals surface area contributed by atoms with Gasteiger partial charge in [-0.2, -0.15) is 0 Å². The van der Waals surface area contributed by atoms with Gasteiger partial charge < -0.3 is 10.8 Å². The molecule has 1 aliphatic rings. The van der Waals surface area contributed by atoms with Crippen LogP contribution < -0.4 is 5.73 Å². The van der Waals surface area contributed by atoms with E-state index in [0.717, 1.165) is 24.0 Å². The Morgan fingerprint density at radius 3 is 2.79 bits per heavy atom. The molecule has 0 heterocycles. The molecule has 0 spiro atoms. The Kier molecular flexibility index (Phi) is 2.71. The molecule has 76 valence electrons.